The molecular formula is C31H43N7O2S. The molecule has 220 valence electrons. The quantitative estimate of drug-likeness (QED) is 0.136. The number of carbonyl (C=O) groups is 1. The molecule has 1 aliphatic carbocycles. The molecule has 0 saturated heterocycles. The zero-order valence-corrected chi connectivity index (χ0v) is 26.2. The molecule has 1 heterocycles. The fourth-order valence-corrected chi connectivity index (χ4v) is 5.24. The molecule has 9 nitrogen and oxygen atoms in total. The van der Waals surface area contributed by atoms with E-state index in [1.807, 2.05) is 38.6 Å². The number of methoxy groups -OCH3 is 1. The van der Waals surface area contributed by atoms with Crippen LogP contribution < -0.4 is 31.4 Å². The number of carbonyl (C=O) groups excluding carboxylic acids is 1. The number of hydrazine groups is 1. The summed E-state index contributed by atoms with van der Waals surface area (Å²) in [5.74, 6) is 7.85. The first-order chi connectivity index (χ1) is 19.3. The van der Waals surface area contributed by atoms with Gasteiger partial charge in [0, 0.05) is 54.5 Å². The third-order valence-corrected chi connectivity index (χ3v) is 8.11. The number of aryl methyl sites for hydroxylation is 1. The number of aromatic nitrogens is 2. The van der Waals surface area contributed by atoms with Gasteiger partial charge < -0.3 is 25.1 Å². The third kappa shape index (κ3) is 6.65. The van der Waals surface area contributed by atoms with E-state index in [9.17, 15) is 4.79 Å². The van der Waals surface area contributed by atoms with Gasteiger partial charge in [-0.05, 0) is 60.6 Å². The van der Waals surface area contributed by atoms with Crippen molar-refractivity contribution in [3.63, 3.8) is 0 Å². The molecule has 1 saturated carbocycles. The van der Waals surface area contributed by atoms with E-state index in [2.05, 4.69) is 53.4 Å². The van der Waals surface area contributed by atoms with Crippen molar-refractivity contribution >= 4 is 34.9 Å². The molecule has 1 amide bonds. The topological polar surface area (TPSA) is 123 Å². The monoisotopic (exact) mass is 577 g/mol. The number of nitrogens with two attached hydrogens (primary N) is 2. The van der Waals surface area contributed by atoms with Gasteiger partial charge in [-0.1, -0.05) is 45.7 Å². The van der Waals surface area contributed by atoms with Crippen LogP contribution in [0.15, 0.2) is 48.4 Å². The highest BCUT2D eigenvalue weighted by atomic mass is 32.2. The Morgan fingerprint density at radius 1 is 1.24 bits per heavy atom. The van der Waals surface area contributed by atoms with Crippen molar-refractivity contribution in [2.75, 3.05) is 28.4 Å². The predicted molar refractivity (Wildman–Crippen MR) is 170 cm³/mol. The van der Waals surface area contributed by atoms with Gasteiger partial charge in [0.15, 0.2) is 5.75 Å². The molecule has 4 rings (SSSR count). The van der Waals surface area contributed by atoms with E-state index in [1.54, 1.807) is 25.4 Å². The fourth-order valence-electron chi connectivity index (χ4n) is 4.87. The maximum absolute atomic E-state index is 13.5. The fraction of sp³-hybridized carbons (Fsp3) is 0.419. The number of anilines is 3. The molecule has 0 radical (unpaired) electrons. The van der Waals surface area contributed by atoms with Crippen molar-refractivity contribution in [1.29, 1.82) is 0 Å². The van der Waals surface area contributed by atoms with Crippen molar-refractivity contribution in [3.8, 4) is 5.75 Å². The van der Waals surface area contributed by atoms with E-state index in [-0.39, 0.29) is 16.7 Å². The van der Waals surface area contributed by atoms with Crippen LogP contribution in [-0.2, 0) is 24.3 Å². The van der Waals surface area contributed by atoms with Crippen LogP contribution in [0.4, 0.5) is 17.1 Å². The second-order valence-electron chi connectivity index (χ2n) is 12.1. The smallest absolute Gasteiger partial charge is 0.255 e. The summed E-state index contributed by atoms with van der Waals surface area (Å²) >= 11 is 1.46. The number of rotatable bonds is 10. The molecule has 0 bridgehead atoms. The molecule has 1 aliphatic rings. The van der Waals surface area contributed by atoms with Crippen LogP contribution in [0.1, 0.15) is 73.5 Å². The zero-order valence-electron chi connectivity index (χ0n) is 25.4. The van der Waals surface area contributed by atoms with E-state index >= 15 is 0 Å². The number of amides is 1. The Morgan fingerprint density at radius 2 is 1.93 bits per heavy atom. The summed E-state index contributed by atoms with van der Waals surface area (Å²) in [4.78, 5) is 18.1. The number of benzene rings is 2. The number of allylic oxidation sites excluding steroid dienone is 1. The number of hydrogen-bond acceptors (Lipinski definition) is 8. The van der Waals surface area contributed by atoms with Crippen molar-refractivity contribution in [3.05, 3.63) is 76.6 Å². The third-order valence-electron chi connectivity index (χ3n) is 7.68. The number of imidazole rings is 1. The number of nitrogens with zero attached hydrogens (tertiary/aromatic N) is 3. The largest absolute Gasteiger partial charge is 0.492 e. The Labute approximate surface area is 247 Å². The molecule has 10 heteroatoms. The summed E-state index contributed by atoms with van der Waals surface area (Å²) < 4.78 is 11.1. The Bertz CT molecular complexity index is 1470. The van der Waals surface area contributed by atoms with Gasteiger partial charge in [0.2, 0.25) is 0 Å². The zero-order chi connectivity index (χ0) is 30.1. The van der Waals surface area contributed by atoms with Crippen LogP contribution >= 0.6 is 11.9 Å². The van der Waals surface area contributed by atoms with Crippen molar-refractivity contribution in [2.24, 2.45) is 18.6 Å². The van der Waals surface area contributed by atoms with Crippen LogP contribution in [0.3, 0.4) is 0 Å². The molecule has 6 N–H and O–H groups in total. The lowest BCUT2D eigenvalue weighted by molar-refractivity contribution is 0.102. The molecule has 0 aliphatic heterocycles. The van der Waals surface area contributed by atoms with Gasteiger partial charge in [0.1, 0.15) is 5.82 Å². The normalized spacial score (nSPS) is 14.5. The molecular weight excluding hydrogens is 534 g/mol. The lowest BCUT2D eigenvalue weighted by Crippen LogP contribution is -2.27. The molecule has 0 unspecified atom stereocenters. The summed E-state index contributed by atoms with van der Waals surface area (Å²) in [6.07, 6.45) is 8.37. The predicted octanol–water partition coefficient (Wildman–Crippen LogP) is 5.75. The van der Waals surface area contributed by atoms with E-state index in [1.165, 1.54) is 17.0 Å². The Balaban J connectivity index is 1.56. The second kappa shape index (κ2) is 11.7. The first-order valence-electron chi connectivity index (χ1n) is 13.7. The molecule has 41 heavy (non-hydrogen) atoms. The summed E-state index contributed by atoms with van der Waals surface area (Å²) in [5.41, 5.74) is 12.6. The Kier molecular flexibility index (Phi) is 8.65. The standard InChI is InChI=1S/C31H43N7O2S/c1-19-9-10-20(28(39)35-24-14-21(30(2,3)4)15-25(36-41-8)27(24)40-7)13-26(19)38(33)18-22(32)16-23-17-34-29(37(23)6)31(5)11-12-31/h9-10,13-15,17-18,36H,11-12,16,32-33H2,1-8H3,(H,35,39)/b22-18-. The average molecular weight is 578 g/mol. The minimum absolute atomic E-state index is 0.128. The first kappa shape index (κ1) is 30.3. The highest BCUT2D eigenvalue weighted by Gasteiger charge is 2.42. The molecule has 1 fully saturated rings. The maximum atomic E-state index is 13.5. The van der Waals surface area contributed by atoms with E-state index < -0.39 is 0 Å². The van der Waals surface area contributed by atoms with Crippen LogP contribution in [0.25, 0.3) is 0 Å². The molecule has 0 spiro atoms. The Hall–Kier alpha value is -3.63. The van der Waals surface area contributed by atoms with Crippen LogP contribution in [-0.4, -0.2) is 28.8 Å². The van der Waals surface area contributed by atoms with Gasteiger partial charge in [-0.2, -0.15) is 0 Å². The van der Waals surface area contributed by atoms with E-state index in [4.69, 9.17) is 16.3 Å². The number of hydrogen-bond donors (Lipinski definition) is 4. The van der Waals surface area contributed by atoms with Gasteiger partial charge in [0.05, 0.1) is 24.2 Å². The van der Waals surface area contributed by atoms with Gasteiger partial charge in [-0.25, -0.2) is 10.8 Å². The van der Waals surface area contributed by atoms with Crippen molar-refractivity contribution in [1.82, 2.24) is 9.55 Å². The number of nitrogens with one attached hydrogen (secondary N) is 2. The van der Waals surface area contributed by atoms with Gasteiger partial charge in [-0.15, -0.1) is 0 Å². The maximum Gasteiger partial charge on any atom is 0.255 e. The summed E-state index contributed by atoms with van der Waals surface area (Å²) in [6, 6.07) is 9.44. The Morgan fingerprint density at radius 3 is 2.54 bits per heavy atom. The first-order valence-corrected chi connectivity index (χ1v) is 14.9. The van der Waals surface area contributed by atoms with Crippen molar-refractivity contribution in [2.45, 2.75) is 64.7 Å². The van der Waals surface area contributed by atoms with E-state index in [0.717, 1.165) is 41.2 Å². The van der Waals surface area contributed by atoms with E-state index in [0.29, 0.717) is 34.8 Å². The summed E-state index contributed by atoms with van der Waals surface area (Å²) in [7, 11) is 3.63. The highest BCUT2D eigenvalue weighted by molar-refractivity contribution is 7.99. The SMILES string of the molecule is COc1c(NSC)cc(C(C)(C)C)cc1NC(=O)c1ccc(C)c(N(N)/C=C(\N)Cc2cnc(C3(C)CC3)n2C)c1. The van der Waals surface area contributed by atoms with Crippen LogP contribution in [0.5, 0.6) is 5.75 Å². The second-order valence-corrected chi connectivity index (χ2v) is 12.7. The van der Waals surface area contributed by atoms with Gasteiger partial charge >= 0.3 is 0 Å². The summed E-state index contributed by atoms with van der Waals surface area (Å²) in [5, 5.41) is 4.53. The van der Waals surface area contributed by atoms with Gasteiger partial charge in [0.25, 0.3) is 5.91 Å². The highest BCUT2D eigenvalue weighted by Crippen LogP contribution is 2.46. The minimum Gasteiger partial charge on any atom is -0.492 e. The minimum atomic E-state index is -0.271. The molecule has 3 aromatic rings. The van der Waals surface area contributed by atoms with Crippen LogP contribution in [0, 0.1) is 6.92 Å². The summed E-state index contributed by atoms with van der Waals surface area (Å²) in [6.45, 7) is 10.6. The van der Waals surface area contributed by atoms with Crippen molar-refractivity contribution < 1.29 is 9.53 Å². The average Bonchev–Trinajstić information content (AvgIpc) is 3.54. The molecule has 0 atom stereocenters. The molecule has 2 aromatic carbocycles. The number of ether oxygens (including phenoxy) is 1. The van der Waals surface area contributed by atoms with Gasteiger partial charge in [-0.3, -0.25) is 9.80 Å². The lowest BCUT2D eigenvalue weighted by Gasteiger charge is -2.24. The van der Waals surface area contributed by atoms with Crippen LogP contribution in [0.2, 0.25) is 0 Å². The lowest BCUT2D eigenvalue weighted by atomic mass is 9.86. The molecule has 1 aromatic heterocycles.